The molecule has 0 aromatic heterocycles. The first-order valence-corrected chi connectivity index (χ1v) is 11.1. The molecular formula is C20H36O11. The second kappa shape index (κ2) is 11.6. The van der Waals surface area contributed by atoms with Crippen LogP contribution in [-0.4, -0.2) is 116 Å². The number of rotatable bonds is 6. The summed E-state index contributed by atoms with van der Waals surface area (Å²) in [7, 11) is 0. The highest BCUT2D eigenvalue weighted by Crippen LogP contribution is 2.31. The van der Waals surface area contributed by atoms with Gasteiger partial charge in [-0.05, 0) is 12.8 Å². The molecule has 2 heterocycles. The normalized spacial score (nSPS) is 45.8. The predicted molar refractivity (Wildman–Crippen MR) is 104 cm³/mol. The fourth-order valence-electron chi connectivity index (χ4n) is 4.41. The third-order valence-electron chi connectivity index (χ3n) is 6.34. The number of hydrogen-bond donors (Lipinski definition) is 7. The van der Waals surface area contributed by atoms with Crippen molar-refractivity contribution in [2.24, 2.45) is 0 Å². The lowest BCUT2D eigenvalue weighted by molar-refractivity contribution is -0.363. The Labute approximate surface area is 181 Å². The highest BCUT2D eigenvalue weighted by atomic mass is 16.7. The summed E-state index contributed by atoms with van der Waals surface area (Å²) >= 11 is 0. The lowest BCUT2D eigenvalue weighted by atomic mass is 9.96. The van der Waals surface area contributed by atoms with Gasteiger partial charge in [0, 0.05) is 0 Å². The third kappa shape index (κ3) is 5.92. The molecule has 1 saturated carbocycles. The van der Waals surface area contributed by atoms with E-state index in [0.29, 0.717) is 0 Å². The summed E-state index contributed by atoms with van der Waals surface area (Å²) in [5.41, 5.74) is 0. The van der Waals surface area contributed by atoms with E-state index < -0.39 is 74.6 Å². The first-order chi connectivity index (χ1) is 14.9. The molecule has 31 heavy (non-hydrogen) atoms. The molecule has 10 atom stereocenters. The van der Waals surface area contributed by atoms with Gasteiger partial charge in [0.05, 0.1) is 19.3 Å². The number of aliphatic hydroxyl groups excluding tert-OH is 7. The van der Waals surface area contributed by atoms with Gasteiger partial charge >= 0.3 is 0 Å². The molecule has 3 rings (SSSR count). The molecule has 11 nitrogen and oxygen atoms in total. The zero-order chi connectivity index (χ0) is 22.5. The average Bonchev–Trinajstić information content (AvgIpc) is 2.74. The van der Waals surface area contributed by atoms with Crippen LogP contribution in [0.4, 0.5) is 0 Å². The molecule has 1 aliphatic carbocycles. The molecule has 0 unspecified atom stereocenters. The van der Waals surface area contributed by atoms with Crippen LogP contribution in [0.5, 0.6) is 0 Å². The van der Waals surface area contributed by atoms with Crippen molar-refractivity contribution in [1.29, 1.82) is 0 Å². The Morgan fingerprint density at radius 2 is 1.10 bits per heavy atom. The fourth-order valence-corrected chi connectivity index (χ4v) is 4.41. The summed E-state index contributed by atoms with van der Waals surface area (Å²) in [5.74, 6) is 0. The smallest absolute Gasteiger partial charge is 0.187 e. The maximum atomic E-state index is 10.7. The quantitative estimate of drug-likeness (QED) is 0.231. The van der Waals surface area contributed by atoms with Crippen LogP contribution in [-0.2, 0) is 18.9 Å². The molecule has 0 bridgehead atoms. The van der Waals surface area contributed by atoms with E-state index in [-0.39, 0.29) is 6.10 Å². The lowest BCUT2D eigenvalue weighted by Crippen LogP contribution is -2.64. The molecule has 0 aromatic carbocycles. The Bertz CT molecular complexity index is 525. The molecule has 0 aromatic rings. The van der Waals surface area contributed by atoms with E-state index in [9.17, 15) is 35.7 Å². The van der Waals surface area contributed by atoms with Crippen LogP contribution in [0, 0.1) is 0 Å². The van der Waals surface area contributed by atoms with Crippen LogP contribution in [0.3, 0.4) is 0 Å². The zero-order valence-corrected chi connectivity index (χ0v) is 17.5. The van der Waals surface area contributed by atoms with Crippen molar-refractivity contribution in [2.75, 3.05) is 13.2 Å². The van der Waals surface area contributed by atoms with E-state index in [1.807, 2.05) is 0 Å². The average molecular weight is 452 g/mol. The van der Waals surface area contributed by atoms with Crippen LogP contribution in [0.15, 0.2) is 0 Å². The van der Waals surface area contributed by atoms with E-state index >= 15 is 0 Å². The summed E-state index contributed by atoms with van der Waals surface area (Å²) in [5, 5.41) is 70.3. The minimum atomic E-state index is -1.69. The zero-order valence-electron chi connectivity index (χ0n) is 17.5. The molecule has 0 radical (unpaired) electrons. The standard InChI is InChI=1S/C20H36O11/c21-8-11-13(23)14(24)16(26)20(29-11)31-18-12(9-22)30-19(17(27)15(18)25)28-10-6-4-2-1-3-5-7-10/h10-27H,1-9H2/t11-,12-,13-,14+,15-,16-,17-,18-,19-,20-/m1/s1. The molecule has 3 aliphatic rings. The molecule has 2 aliphatic heterocycles. The van der Waals surface area contributed by atoms with Crippen molar-refractivity contribution < 1.29 is 54.7 Å². The van der Waals surface area contributed by atoms with Crippen molar-refractivity contribution in [3.63, 3.8) is 0 Å². The number of aliphatic hydroxyl groups is 7. The van der Waals surface area contributed by atoms with Crippen molar-refractivity contribution in [3.05, 3.63) is 0 Å². The summed E-state index contributed by atoms with van der Waals surface area (Å²) in [6.07, 6.45) is -7.33. The maximum absolute atomic E-state index is 10.7. The highest BCUT2D eigenvalue weighted by Gasteiger charge is 2.51. The number of hydrogen-bond acceptors (Lipinski definition) is 11. The Hall–Kier alpha value is -0.440. The highest BCUT2D eigenvalue weighted by molar-refractivity contribution is 4.94. The van der Waals surface area contributed by atoms with E-state index in [1.54, 1.807) is 0 Å². The Balaban J connectivity index is 1.64. The van der Waals surface area contributed by atoms with Crippen LogP contribution < -0.4 is 0 Å². The largest absolute Gasteiger partial charge is 0.394 e. The van der Waals surface area contributed by atoms with Crippen molar-refractivity contribution in [3.8, 4) is 0 Å². The van der Waals surface area contributed by atoms with E-state index in [2.05, 4.69) is 0 Å². The van der Waals surface area contributed by atoms with Gasteiger partial charge in [-0.1, -0.05) is 32.1 Å². The fraction of sp³-hybridized carbons (Fsp3) is 1.00. The second-order valence-corrected chi connectivity index (χ2v) is 8.61. The van der Waals surface area contributed by atoms with Gasteiger partial charge in [-0.3, -0.25) is 0 Å². The van der Waals surface area contributed by atoms with Crippen molar-refractivity contribution in [1.82, 2.24) is 0 Å². The summed E-state index contributed by atoms with van der Waals surface area (Å²) < 4.78 is 22.4. The molecule has 11 heteroatoms. The van der Waals surface area contributed by atoms with Gasteiger partial charge in [0.15, 0.2) is 12.6 Å². The molecule has 0 amide bonds. The van der Waals surface area contributed by atoms with Gasteiger partial charge in [-0.2, -0.15) is 0 Å². The first-order valence-electron chi connectivity index (χ1n) is 11.1. The van der Waals surface area contributed by atoms with Crippen LogP contribution >= 0.6 is 0 Å². The van der Waals surface area contributed by atoms with Gasteiger partial charge in [-0.25, -0.2) is 0 Å². The molecule has 182 valence electrons. The molecule has 0 spiro atoms. The van der Waals surface area contributed by atoms with E-state index in [1.165, 1.54) is 6.42 Å². The molecule has 2 saturated heterocycles. The molecular weight excluding hydrogens is 416 g/mol. The summed E-state index contributed by atoms with van der Waals surface area (Å²) in [6.45, 7) is -1.21. The van der Waals surface area contributed by atoms with E-state index in [0.717, 1.165) is 38.5 Å². The minimum absolute atomic E-state index is 0.130. The Morgan fingerprint density at radius 1 is 0.581 bits per heavy atom. The van der Waals surface area contributed by atoms with Gasteiger partial charge in [0.1, 0.15) is 48.8 Å². The molecule has 7 N–H and O–H groups in total. The lowest BCUT2D eigenvalue weighted by Gasteiger charge is -2.46. The van der Waals surface area contributed by atoms with Crippen molar-refractivity contribution in [2.45, 2.75) is 112 Å². The minimum Gasteiger partial charge on any atom is -0.394 e. The predicted octanol–water partition coefficient (Wildman–Crippen LogP) is -2.26. The number of ether oxygens (including phenoxy) is 4. The SMILES string of the molecule is OC[C@H]1O[C@H](O[C@H]2[C@H](O)[C@@H](O)[C@H](OC3CCCCCCC3)O[C@@H]2CO)[C@H](O)[C@@H](O)[C@@H]1O. The summed E-state index contributed by atoms with van der Waals surface area (Å²) in [6, 6.07) is 0. The topological polar surface area (TPSA) is 179 Å². The summed E-state index contributed by atoms with van der Waals surface area (Å²) in [4.78, 5) is 0. The van der Waals surface area contributed by atoms with Crippen LogP contribution in [0.1, 0.15) is 44.9 Å². The van der Waals surface area contributed by atoms with Crippen LogP contribution in [0.2, 0.25) is 0 Å². The van der Waals surface area contributed by atoms with Gasteiger partial charge in [0.2, 0.25) is 0 Å². The molecule has 3 fully saturated rings. The van der Waals surface area contributed by atoms with Crippen LogP contribution in [0.25, 0.3) is 0 Å². The maximum Gasteiger partial charge on any atom is 0.187 e. The third-order valence-corrected chi connectivity index (χ3v) is 6.34. The monoisotopic (exact) mass is 452 g/mol. The first kappa shape index (κ1) is 25.2. The van der Waals surface area contributed by atoms with Gasteiger partial charge in [-0.15, -0.1) is 0 Å². The second-order valence-electron chi connectivity index (χ2n) is 8.61. The van der Waals surface area contributed by atoms with Crippen molar-refractivity contribution >= 4 is 0 Å². The van der Waals surface area contributed by atoms with Gasteiger partial charge < -0.3 is 54.7 Å². The Kier molecular flexibility index (Phi) is 9.44. The van der Waals surface area contributed by atoms with Gasteiger partial charge in [0.25, 0.3) is 0 Å². The van der Waals surface area contributed by atoms with E-state index in [4.69, 9.17) is 18.9 Å². The Morgan fingerprint density at radius 3 is 1.71 bits per heavy atom.